The Bertz CT molecular complexity index is 585. The second-order valence-corrected chi connectivity index (χ2v) is 8.14. The molecule has 0 bridgehead atoms. The number of benzene rings is 1. The summed E-state index contributed by atoms with van der Waals surface area (Å²) < 4.78 is 0. The minimum atomic E-state index is 0. The van der Waals surface area contributed by atoms with Gasteiger partial charge in [0, 0.05) is 51.2 Å². The monoisotopic (exact) mass is 487 g/mol. The van der Waals surface area contributed by atoms with Crippen LogP contribution in [0.25, 0.3) is 0 Å². The molecule has 0 aliphatic carbocycles. The van der Waals surface area contributed by atoms with E-state index in [4.69, 9.17) is 0 Å². The highest BCUT2D eigenvalue weighted by Gasteiger charge is 2.23. The molecule has 154 valence electrons. The van der Waals surface area contributed by atoms with Crippen LogP contribution in [-0.4, -0.2) is 75.7 Å². The van der Waals surface area contributed by atoms with E-state index >= 15 is 0 Å². The van der Waals surface area contributed by atoms with Gasteiger partial charge >= 0.3 is 0 Å². The second-order valence-electron chi connectivity index (χ2n) is 8.14. The molecular formula is C21H38IN5. The van der Waals surface area contributed by atoms with Crippen LogP contribution in [0.5, 0.6) is 0 Å². The van der Waals surface area contributed by atoms with E-state index < -0.39 is 0 Å². The second kappa shape index (κ2) is 11.2. The number of likely N-dealkylation sites (N-methyl/N-ethyl adjacent to an activating group) is 2. The summed E-state index contributed by atoms with van der Waals surface area (Å²) in [5.74, 6) is 0.880. The van der Waals surface area contributed by atoms with E-state index in [1.165, 1.54) is 11.1 Å². The predicted molar refractivity (Wildman–Crippen MR) is 128 cm³/mol. The average Bonchev–Trinajstić information content (AvgIpc) is 2.64. The summed E-state index contributed by atoms with van der Waals surface area (Å²) in [5, 5.41) is 7.01. The molecule has 6 heteroatoms. The number of piperazine rings is 1. The summed E-state index contributed by atoms with van der Waals surface area (Å²) in [7, 11) is 6.24. The first kappa shape index (κ1) is 24.2. The highest BCUT2D eigenvalue weighted by atomic mass is 127. The van der Waals surface area contributed by atoms with E-state index in [1.54, 1.807) is 0 Å². The fourth-order valence-electron chi connectivity index (χ4n) is 3.36. The number of guanidine groups is 1. The molecule has 1 aliphatic heterocycles. The number of aryl methyl sites for hydroxylation is 1. The molecule has 0 spiro atoms. The van der Waals surface area contributed by atoms with Crippen LogP contribution in [0.1, 0.15) is 31.9 Å². The molecule has 2 rings (SSSR count). The first-order valence-corrected chi connectivity index (χ1v) is 9.78. The van der Waals surface area contributed by atoms with Gasteiger partial charge in [-0.2, -0.15) is 0 Å². The maximum Gasteiger partial charge on any atom is 0.191 e. The van der Waals surface area contributed by atoms with Crippen molar-refractivity contribution in [1.29, 1.82) is 0 Å². The maximum absolute atomic E-state index is 4.40. The zero-order chi connectivity index (χ0) is 19.2. The van der Waals surface area contributed by atoms with Crippen molar-refractivity contribution in [2.75, 3.05) is 53.9 Å². The summed E-state index contributed by atoms with van der Waals surface area (Å²) in [6.45, 7) is 11.9. The molecule has 1 unspecified atom stereocenters. The van der Waals surface area contributed by atoms with Crippen molar-refractivity contribution in [3.8, 4) is 0 Å². The van der Waals surface area contributed by atoms with Gasteiger partial charge < -0.3 is 15.5 Å². The van der Waals surface area contributed by atoms with Crippen molar-refractivity contribution in [2.45, 2.75) is 38.6 Å². The highest BCUT2D eigenvalue weighted by molar-refractivity contribution is 14.0. The Morgan fingerprint density at radius 2 is 1.81 bits per heavy atom. The molecule has 1 atom stereocenters. The first-order chi connectivity index (χ1) is 12.4. The molecule has 0 saturated carbocycles. The van der Waals surface area contributed by atoms with E-state index in [2.05, 4.69) is 84.6 Å². The highest BCUT2D eigenvalue weighted by Crippen LogP contribution is 2.22. The number of hydrogen-bond acceptors (Lipinski definition) is 3. The van der Waals surface area contributed by atoms with Crippen molar-refractivity contribution >= 4 is 29.9 Å². The Labute approximate surface area is 183 Å². The number of nitrogens with zero attached hydrogens (tertiary/aromatic N) is 3. The molecule has 5 nitrogen and oxygen atoms in total. The zero-order valence-corrected chi connectivity index (χ0v) is 20.2. The minimum Gasteiger partial charge on any atom is -0.356 e. The largest absolute Gasteiger partial charge is 0.356 e. The lowest BCUT2D eigenvalue weighted by Crippen LogP contribution is -2.55. The minimum absolute atomic E-state index is 0. The van der Waals surface area contributed by atoms with Crippen LogP contribution in [0.15, 0.2) is 29.3 Å². The van der Waals surface area contributed by atoms with Gasteiger partial charge in [0.25, 0.3) is 0 Å². The van der Waals surface area contributed by atoms with Gasteiger partial charge in [-0.05, 0) is 31.6 Å². The van der Waals surface area contributed by atoms with E-state index in [-0.39, 0.29) is 29.4 Å². The van der Waals surface area contributed by atoms with Crippen molar-refractivity contribution < 1.29 is 0 Å². The van der Waals surface area contributed by atoms with Crippen LogP contribution >= 0.6 is 24.0 Å². The van der Waals surface area contributed by atoms with Crippen LogP contribution in [0.4, 0.5) is 0 Å². The Morgan fingerprint density at radius 1 is 1.15 bits per heavy atom. The Balaban J connectivity index is 0.00000364. The first-order valence-electron chi connectivity index (χ1n) is 9.78. The Hall–Kier alpha value is -0.860. The standard InChI is InChI=1S/C21H37N5.HI/c1-7-17-8-10-18(11-9-17)21(2,3)16-24-20(22-4)23-14-19-15-25(5)12-13-26(19)6;/h8-11,19H,7,12-16H2,1-6H3,(H2,22,23,24);1H. The maximum atomic E-state index is 4.40. The topological polar surface area (TPSA) is 42.9 Å². The fraction of sp³-hybridized carbons (Fsp3) is 0.667. The van der Waals surface area contributed by atoms with E-state index in [9.17, 15) is 0 Å². The molecule has 0 radical (unpaired) electrons. The molecule has 0 amide bonds. The van der Waals surface area contributed by atoms with Crippen LogP contribution in [0, 0.1) is 0 Å². The van der Waals surface area contributed by atoms with Crippen molar-refractivity contribution in [3.63, 3.8) is 0 Å². The lowest BCUT2D eigenvalue weighted by molar-refractivity contribution is 0.116. The SMILES string of the molecule is CCc1ccc(C(C)(C)CNC(=NC)NCC2CN(C)CCN2C)cc1.I. The van der Waals surface area contributed by atoms with Gasteiger partial charge in [0.15, 0.2) is 5.96 Å². The molecule has 2 N–H and O–H groups in total. The van der Waals surface area contributed by atoms with Gasteiger partial charge in [-0.1, -0.05) is 45.0 Å². The van der Waals surface area contributed by atoms with E-state index in [0.29, 0.717) is 6.04 Å². The molecule has 1 heterocycles. The van der Waals surface area contributed by atoms with Crippen LogP contribution in [-0.2, 0) is 11.8 Å². The molecule has 1 aromatic carbocycles. The van der Waals surface area contributed by atoms with Gasteiger partial charge in [0.05, 0.1) is 0 Å². The van der Waals surface area contributed by atoms with Gasteiger partial charge in [0.2, 0.25) is 0 Å². The van der Waals surface area contributed by atoms with Crippen molar-refractivity contribution in [3.05, 3.63) is 35.4 Å². The number of hydrogen-bond donors (Lipinski definition) is 2. The molecular weight excluding hydrogens is 449 g/mol. The normalized spacial score (nSPS) is 19.5. The molecule has 1 saturated heterocycles. The van der Waals surface area contributed by atoms with Gasteiger partial charge in [-0.3, -0.25) is 9.89 Å². The van der Waals surface area contributed by atoms with Gasteiger partial charge in [-0.15, -0.1) is 24.0 Å². The summed E-state index contributed by atoms with van der Waals surface area (Å²) in [5.41, 5.74) is 2.79. The lowest BCUT2D eigenvalue weighted by Gasteiger charge is -2.38. The number of nitrogens with one attached hydrogen (secondary N) is 2. The summed E-state index contributed by atoms with van der Waals surface area (Å²) >= 11 is 0. The lowest BCUT2D eigenvalue weighted by atomic mass is 9.84. The zero-order valence-electron chi connectivity index (χ0n) is 17.9. The van der Waals surface area contributed by atoms with Crippen LogP contribution in [0.3, 0.4) is 0 Å². The average molecular weight is 487 g/mol. The fourth-order valence-corrected chi connectivity index (χ4v) is 3.36. The van der Waals surface area contributed by atoms with Crippen LogP contribution in [0.2, 0.25) is 0 Å². The van der Waals surface area contributed by atoms with Crippen LogP contribution < -0.4 is 10.6 Å². The number of aliphatic imine (C=N–C) groups is 1. The molecule has 1 aliphatic rings. The molecule has 1 aromatic rings. The Kier molecular flexibility index (Phi) is 10.0. The van der Waals surface area contributed by atoms with Crippen molar-refractivity contribution in [1.82, 2.24) is 20.4 Å². The van der Waals surface area contributed by atoms with E-state index in [0.717, 1.165) is 45.1 Å². The molecule has 27 heavy (non-hydrogen) atoms. The third-order valence-electron chi connectivity index (χ3n) is 5.55. The smallest absolute Gasteiger partial charge is 0.191 e. The van der Waals surface area contributed by atoms with E-state index in [1.807, 2.05) is 7.05 Å². The summed E-state index contributed by atoms with van der Waals surface area (Å²) in [6.07, 6.45) is 1.08. The predicted octanol–water partition coefficient (Wildman–Crippen LogP) is 2.56. The number of halogens is 1. The van der Waals surface area contributed by atoms with Gasteiger partial charge in [0.1, 0.15) is 0 Å². The number of rotatable bonds is 6. The summed E-state index contributed by atoms with van der Waals surface area (Å²) in [6, 6.07) is 9.49. The Morgan fingerprint density at radius 3 is 2.41 bits per heavy atom. The third kappa shape index (κ3) is 7.23. The molecule has 1 fully saturated rings. The quantitative estimate of drug-likeness (QED) is 0.368. The summed E-state index contributed by atoms with van der Waals surface area (Å²) in [4.78, 5) is 9.23. The van der Waals surface area contributed by atoms with Gasteiger partial charge in [-0.25, -0.2) is 0 Å². The third-order valence-corrected chi connectivity index (χ3v) is 5.55. The van der Waals surface area contributed by atoms with Crippen molar-refractivity contribution in [2.24, 2.45) is 4.99 Å². The molecule has 0 aromatic heterocycles.